The molecule has 422 valence electrons. The van der Waals surface area contributed by atoms with E-state index >= 15 is 0 Å². The Morgan fingerprint density at radius 2 is 0.973 bits per heavy atom. The maximum Gasteiger partial charge on any atom is 0.329 e. The molecule has 19 heteroatoms. The number of nitrogens with one attached hydrogen (secondary N) is 6. The van der Waals surface area contributed by atoms with Crippen LogP contribution >= 0.6 is 0 Å². The van der Waals surface area contributed by atoms with Crippen molar-refractivity contribution in [2.24, 2.45) is 11.7 Å². The molecule has 0 radical (unpaired) electrons. The Labute approximate surface area is 441 Å². The van der Waals surface area contributed by atoms with Crippen LogP contribution in [0.1, 0.15) is 210 Å². The number of rotatable bonds is 35. The van der Waals surface area contributed by atoms with Crippen LogP contribution in [0, 0.1) is 5.92 Å². The zero-order chi connectivity index (χ0) is 55.9. The Kier molecular flexibility index (Phi) is 31.4. The molecule has 19 nitrogen and oxygen atoms in total. The molecule has 0 unspecified atom stereocenters. The van der Waals surface area contributed by atoms with E-state index in [1.54, 1.807) is 86.6 Å². The number of hydrogen-bond acceptors (Lipinski definition) is 12. The Balaban J connectivity index is 2.45. The monoisotopic (exact) mass is 1050 g/mol. The van der Waals surface area contributed by atoms with E-state index in [0.717, 1.165) is 77.0 Å². The Hall–Kier alpha value is -5.46. The molecular formula is C55H95N7O12. The Bertz CT molecular complexity index is 1870. The van der Waals surface area contributed by atoms with Crippen LogP contribution in [0.4, 0.5) is 15.3 Å². The number of aliphatic hydroxyl groups excluding tert-OH is 1. The standard InChI is InChI=1S/C55H95N7O12/c1-38(2)46(48(67)59-41(28-26-36-57-51(56)70)47(66)58-40-32-30-39(37-63)31-33-40)62-44(64)29-25-23-21-19-17-15-13-12-14-16-18-20-22-24-27-42(49(68)73-54(6,7)8)60-52(71)61-43(50(69)74-55(9,10)11)34-35-45(65)72-53(3,4)5/h30-33,38,41-43,46,63H,12-29,34-37H2,1-11H3,(H,58,66)(H,59,67)(H,62,64)(H3,56,57,70)(H2,60,61,71)/t41-,42-,43-,46-/m0/s1. The SMILES string of the molecule is CC(C)[C@H](NC(=O)CCCCCCCCCCCCCCCC[C@H](NC(=O)N[C@@H](CCC(=O)OC(C)(C)C)C(=O)OC(C)(C)C)C(=O)OC(C)(C)C)C(=O)N[C@@H](CCCNC(N)=O)C(=O)Nc1ccc(CO)cc1. The summed E-state index contributed by atoms with van der Waals surface area (Å²) in [6.07, 6.45) is 15.2. The number of unbranched alkanes of at least 4 members (excludes halogenated alkanes) is 13. The molecular weight excluding hydrogens is 951 g/mol. The number of nitrogens with two attached hydrogens (primary N) is 1. The molecule has 0 saturated heterocycles. The number of carbonyl (C=O) groups excluding carboxylic acids is 8. The fraction of sp³-hybridized carbons (Fsp3) is 0.745. The highest BCUT2D eigenvalue weighted by Crippen LogP contribution is 2.19. The lowest BCUT2D eigenvalue weighted by molar-refractivity contribution is -0.159. The lowest BCUT2D eigenvalue weighted by Gasteiger charge is -2.27. The zero-order valence-electron chi connectivity index (χ0n) is 46.8. The quantitative estimate of drug-likeness (QED) is 0.0181. The molecule has 1 aromatic rings. The summed E-state index contributed by atoms with van der Waals surface area (Å²) in [5.41, 5.74) is 4.04. The van der Waals surface area contributed by atoms with E-state index in [4.69, 9.17) is 19.9 Å². The molecule has 9 N–H and O–H groups in total. The van der Waals surface area contributed by atoms with Gasteiger partial charge in [0, 0.05) is 25.1 Å². The predicted molar refractivity (Wildman–Crippen MR) is 286 cm³/mol. The normalized spacial score (nSPS) is 13.4. The summed E-state index contributed by atoms with van der Waals surface area (Å²) in [4.78, 5) is 103. The molecule has 0 aliphatic heterocycles. The van der Waals surface area contributed by atoms with E-state index in [1.807, 2.05) is 13.8 Å². The first-order valence-corrected chi connectivity index (χ1v) is 27.0. The van der Waals surface area contributed by atoms with Gasteiger partial charge in [-0.25, -0.2) is 19.2 Å². The van der Waals surface area contributed by atoms with Crippen molar-refractivity contribution in [2.75, 3.05) is 11.9 Å². The number of carbonyl (C=O) groups is 8. The van der Waals surface area contributed by atoms with E-state index in [-0.39, 0.29) is 44.2 Å². The molecule has 0 bridgehead atoms. The highest BCUT2D eigenvalue weighted by Gasteiger charge is 2.32. The number of anilines is 1. The van der Waals surface area contributed by atoms with Gasteiger partial charge in [0.2, 0.25) is 17.7 Å². The number of ether oxygens (including phenoxy) is 3. The van der Waals surface area contributed by atoms with E-state index < -0.39 is 82.8 Å². The molecule has 74 heavy (non-hydrogen) atoms. The minimum atomic E-state index is -1.15. The van der Waals surface area contributed by atoms with Gasteiger partial charge < -0.3 is 57.0 Å². The summed E-state index contributed by atoms with van der Waals surface area (Å²) >= 11 is 0. The number of esters is 3. The third-order valence-corrected chi connectivity index (χ3v) is 11.5. The van der Waals surface area contributed by atoms with Crippen LogP contribution in [-0.2, 0) is 49.6 Å². The average molecular weight is 1050 g/mol. The van der Waals surface area contributed by atoms with E-state index in [2.05, 4.69) is 31.9 Å². The molecule has 4 atom stereocenters. The lowest BCUT2D eigenvalue weighted by atomic mass is 10.0. The van der Waals surface area contributed by atoms with Crippen LogP contribution in [0.3, 0.4) is 0 Å². The van der Waals surface area contributed by atoms with Gasteiger partial charge in [-0.15, -0.1) is 0 Å². The van der Waals surface area contributed by atoms with Crippen LogP contribution < -0.4 is 37.6 Å². The largest absolute Gasteiger partial charge is 0.460 e. The fourth-order valence-electron chi connectivity index (χ4n) is 7.76. The van der Waals surface area contributed by atoms with Gasteiger partial charge in [-0.2, -0.15) is 0 Å². The predicted octanol–water partition coefficient (Wildman–Crippen LogP) is 8.27. The highest BCUT2D eigenvalue weighted by atomic mass is 16.6. The summed E-state index contributed by atoms with van der Waals surface area (Å²) in [5, 5.41) is 25.6. The van der Waals surface area contributed by atoms with Crippen LogP contribution in [0.5, 0.6) is 0 Å². The molecule has 0 spiro atoms. The summed E-state index contributed by atoms with van der Waals surface area (Å²) < 4.78 is 16.5. The maximum atomic E-state index is 13.5. The van der Waals surface area contributed by atoms with Crippen molar-refractivity contribution in [3.05, 3.63) is 29.8 Å². The minimum Gasteiger partial charge on any atom is -0.460 e. The van der Waals surface area contributed by atoms with Gasteiger partial charge in [0.15, 0.2) is 0 Å². The number of hydrogen-bond donors (Lipinski definition) is 8. The first-order chi connectivity index (χ1) is 34.6. The minimum absolute atomic E-state index is 0.0482. The molecule has 0 heterocycles. The van der Waals surface area contributed by atoms with Gasteiger partial charge in [-0.3, -0.25) is 19.2 Å². The van der Waals surface area contributed by atoms with E-state index in [9.17, 15) is 43.5 Å². The van der Waals surface area contributed by atoms with Gasteiger partial charge in [-0.05, 0) is 118 Å². The second-order valence-corrected chi connectivity index (χ2v) is 22.5. The number of aliphatic hydroxyl groups is 1. The fourth-order valence-corrected chi connectivity index (χ4v) is 7.76. The average Bonchev–Trinajstić information content (AvgIpc) is 3.28. The van der Waals surface area contributed by atoms with Gasteiger partial charge in [-0.1, -0.05) is 109 Å². The second kappa shape index (κ2) is 34.9. The first kappa shape index (κ1) is 66.6. The summed E-state index contributed by atoms with van der Waals surface area (Å²) in [7, 11) is 0. The summed E-state index contributed by atoms with van der Waals surface area (Å²) in [5.74, 6) is -3.18. The van der Waals surface area contributed by atoms with Gasteiger partial charge >= 0.3 is 30.0 Å². The van der Waals surface area contributed by atoms with E-state index in [0.29, 0.717) is 43.4 Å². The highest BCUT2D eigenvalue weighted by molar-refractivity contribution is 5.98. The molecule has 0 aliphatic rings. The smallest absolute Gasteiger partial charge is 0.329 e. The van der Waals surface area contributed by atoms with Crippen molar-refractivity contribution in [1.82, 2.24) is 26.6 Å². The van der Waals surface area contributed by atoms with E-state index in [1.165, 1.54) is 0 Å². The van der Waals surface area contributed by atoms with Crippen LogP contribution in [0.25, 0.3) is 0 Å². The molecule has 0 fully saturated rings. The maximum absolute atomic E-state index is 13.5. The van der Waals surface area contributed by atoms with Crippen molar-refractivity contribution in [2.45, 2.75) is 252 Å². The second-order valence-electron chi connectivity index (χ2n) is 22.5. The molecule has 1 rings (SSSR count). The molecule has 0 aromatic heterocycles. The van der Waals surface area contributed by atoms with Crippen LogP contribution in [0.2, 0.25) is 0 Å². The molecule has 7 amide bonds. The topological polar surface area (TPSA) is 283 Å². The Morgan fingerprint density at radius 3 is 1.42 bits per heavy atom. The molecule has 0 saturated carbocycles. The zero-order valence-corrected chi connectivity index (χ0v) is 46.8. The Morgan fingerprint density at radius 1 is 0.527 bits per heavy atom. The number of primary amides is 1. The number of urea groups is 2. The van der Waals surface area contributed by atoms with Gasteiger partial charge in [0.05, 0.1) is 6.61 Å². The number of benzene rings is 1. The summed E-state index contributed by atoms with van der Waals surface area (Å²) in [6, 6.07) is 1.35. The van der Waals surface area contributed by atoms with Crippen LogP contribution in [0.15, 0.2) is 24.3 Å². The van der Waals surface area contributed by atoms with Crippen molar-refractivity contribution in [3.63, 3.8) is 0 Å². The van der Waals surface area contributed by atoms with Gasteiger partial charge in [0.1, 0.15) is 41.0 Å². The first-order valence-electron chi connectivity index (χ1n) is 27.0. The van der Waals surface area contributed by atoms with Crippen LogP contribution in [-0.4, -0.2) is 100 Å². The summed E-state index contributed by atoms with van der Waals surface area (Å²) in [6.45, 7) is 19.3. The van der Waals surface area contributed by atoms with Gasteiger partial charge in [0.25, 0.3) is 0 Å². The number of amides is 7. The lowest BCUT2D eigenvalue weighted by Crippen LogP contribution is -2.54. The molecule has 0 aliphatic carbocycles. The van der Waals surface area contributed by atoms with Crippen molar-refractivity contribution >= 4 is 53.4 Å². The van der Waals surface area contributed by atoms with Crippen molar-refractivity contribution in [1.29, 1.82) is 0 Å². The van der Waals surface area contributed by atoms with Crippen molar-refractivity contribution in [3.8, 4) is 0 Å². The third-order valence-electron chi connectivity index (χ3n) is 11.5. The van der Waals surface area contributed by atoms with Crippen molar-refractivity contribution < 1.29 is 57.7 Å². The molecule has 1 aromatic carbocycles. The third kappa shape index (κ3) is 33.4.